The number of nitrogens with one attached hydrogen (secondary N) is 1. The van der Waals surface area contributed by atoms with E-state index in [1.807, 2.05) is 25.1 Å². The number of ether oxygens (including phenoxy) is 2. The molecule has 19 heavy (non-hydrogen) atoms. The van der Waals surface area contributed by atoms with Crippen LogP contribution in [0.3, 0.4) is 0 Å². The van der Waals surface area contributed by atoms with Crippen molar-refractivity contribution in [3.05, 3.63) is 35.4 Å². The summed E-state index contributed by atoms with van der Waals surface area (Å²) in [6.07, 6.45) is 1.35. The van der Waals surface area contributed by atoms with E-state index in [1.165, 1.54) is 5.56 Å². The Hall–Kier alpha value is -0.940. The third kappa shape index (κ3) is 3.54. The van der Waals surface area contributed by atoms with Gasteiger partial charge in [0.2, 0.25) is 0 Å². The van der Waals surface area contributed by atoms with Gasteiger partial charge < -0.3 is 19.9 Å². The summed E-state index contributed by atoms with van der Waals surface area (Å²) in [5, 5.41) is 12.6. The minimum atomic E-state index is 0.0877. The number of rotatable bonds is 7. The summed E-state index contributed by atoms with van der Waals surface area (Å²) >= 11 is 0. The standard InChI is InChI=1S/C15H23NO3/c1-3-19-14-8-13(15(14)18-2)16-9-11-5-4-6-12(7-11)10-17/h4-7,13-17H,3,8-10H2,1-2H3. The molecule has 0 aliphatic heterocycles. The lowest BCUT2D eigenvalue weighted by Gasteiger charge is -2.43. The van der Waals surface area contributed by atoms with Crippen LogP contribution in [0.1, 0.15) is 24.5 Å². The van der Waals surface area contributed by atoms with Crippen LogP contribution in [-0.4, -0.2) is 37.1 Å². The molecule has 3 unspecified atom stereocenters. The molecule has 2 rings (SSSR count). The highest BCUT2D eigenvalue weighted by atomic mass is 16.5. The van der Waals surface area contributed by atoms with Gasteiger partial charge >= 0.3 is 0 Å². The molecule has 0 amide bonds. The van der Waals surface area contributed by atoms with Crippen molar-refractivity contribution in [2.45, 2.75) is 44.7 Å². The molecule has 106 valence electrons. The van der Waals surface area contributed by atoms with Crippen molar-refractivity contribution in [3.8, 4) is 0 Å². The highest BCUT2D eigenvalue weighted by molar-refractivity contribution is 5.23. The Balaban J connectivity index is 1.82. The number of aliphatic hydroxyl groups excluding tert-OH is 1. The van der Waals surface area contributed by atoms with E-state index in [9.17, 15) is 0 Å². The Bertz CT molecular complexity index is 397. The molecule has 2 N–H and O–H groups in total. The highest BCUT2D eigenvalue weighted by Crippen LogP contribution is 2.27. The predicted molar refractivity (Wildman–Crippen MR) is 73.8 cm³/mol. The quantitative estimate of drug-likeness (QED) is 0.783. The van der Waals surface area contributed by atoms with Crippen LogP contribution in [0.25, 0.3) is 0 Å². The van der Waals surface area contributed by atoms with E-state index in [4.69, 9.17) is 14.6 Å². The van der Waals surface area contributed by atoms with Gasteiger partial charge in [-0.2, -0.15) is 0 Å². The van der Waals surface area contributed by atoms with Gasteiger partial charge in [-0.05, 0) is 24.5 Å². The van der Waals surface area contributed by atoms with Gasteiger partial charge in [0.05, 0.1) is 18.8 Å². The molecule has 0 spiro atoms. The molecule has 4 heteroatoms. The zero-order valence-corrected chi connectivity index (χ0v) is 11.6. The molecule has 0 aromatic heterocycles. The Morgan fingerprint density at radius 2 is 2.16 bits per heavy atom. The minimum absolute atomic E-state index is 0.0877. The fourth-order valence-electron chi connectivity index (χ4n) is 2.56. The first-order chi connectivity index (χ1) is 9.28. The molecule has 1 aliphatic rings. The number of benzene rings is 1. The van der Waals surface area contributed by atoms with E-state index in [1.54, 1.807) is 7.11 Å². The lowest BCUT2D eigenvalue weighted by atomic mass is 9.85. The van der Waals surface area contributed by atoms with Gasteiger partial charge in [-0.25, -0.2) is 0 Å². The smallest absolute Gasteiger partial charge is 0.0986 e. The van der Waals surface area contributed by atoms with Crippen molar-refractivity contribution in [3.63, 3.8) is 0 Å². The van der Waals surface area contributed by atoms with Crippen LogP contribution < -0.4 is 5.32 Å². The van der Waals surface area contributed by atoms with Gasteiger partial charge in [-0.1, -0.05) is 24.3 Å². The van der Waals surface area contributed by atoms with Crippen molar-refractivity contribution in [1.29, 1.82) is 0 Å². The molecule has 0 heterocycles. The molecule has 0 bridgehead atoms. The fourth-order valence-corrected chi connectivity index (χ4v) is 2.56. The molecule has 1 aromatic rings. The second kappa shape index (κ2) is 7.01. The monoisotopic (exact) mass is 265 g/mol. The minimum Gasteiger partial charge on any atom is -0.392 e. The zero-order valence-electron chi connectivity index (χ0n) is 11.6. The van der Waals surface area contributed by atoms with E-state index < -0.39 is 0 Å². The summed E-state index contributed by atoms with van der Waals surface area (Å²) < 4.78 is 11.1. The number of aliphatic hydroxyl groups is 1. The molecular formula is C15H23NO3. The molecule has 1 aliphatic carbocycles. The Morgan fingerprint density at radius 3 is 2.84 bits per heavy atom. The third-order valence-corrected chi connectivity index (χ3v) is 3.64. The lowest BCUT2D eigenvalue weighted by Crippen LogP contribution is -2.59. The maximum atomic E-state index is 9.11. The zero-order chi connectivity index (χ0) is 13.7. The highest BCUT2D eigenvalue weighted by Gasteiger charge is 2.41. The van der Waals surface area contributed by atoms with Crippen LogP contribution in [0.4, 0.5) is 0 Å². The third-order valence-electron chi connectivity index (χ3n) is 3.64. The maximum Gasteiger partial charge on any atom is 0.0986 e. The largest absolute Gasteiger partial charge is 0.392 e. The van der Waals surface area contributed by atoms with Crippen molar-refractivity contribution < 1.29 is 14.6 Å². The Morgan fingerprint density at radius 1 is 1.37 bits per heavy atom. The van der Waals surface area contributed by atoms with Crippen molar-refractivity contribution in [2.24, 2.45) is 0 Å². The van der Waals surface area contributed by atoms with Gasteiger partial charge in [-0.3, -0.25) is 0 Å². The first-order valence-corrected chi connectivity index (χ1v) is 6.85. The van der Waals surface area contributed by atoms with Gasteiger partial charge in [0, 0.05) is 26.3 Å². The average Bonchev–Trinajstić information content (AvgIpc) is 2.42. The van der Waals surface area contributed by atoms with E-state index in [0.717, 1.165) is 25.1 Å². The Labute approximate surface area is 114 Å². The first-order valence-electron chi connectivity index (χ1n) is 6.85. The normalized spacial score (nSPS) is 26.2. The molecule has 3 atom stereocenters. The van der Waals surface area contributed by atoms with Crippen LogP contribution in [0.15, 0.2) is 24.3 Å². The molecule has 0 radical (unpaired) electrons. The molecular weight excluding hydrogens is 242 g/mol. The summed E-state index contributed by atoms with van der Waals surface area (Å²) in [5.41, 5.74) is 2.13. The SMILES string of the molecule is CCOC1CC(NCc2cccc(CO)c2)C1OC. The number of hydrogen-bond donors (Lipinski definition) is 2. The van der Waals surface area contributed by atoms with Crippen molar-refractivity contribution in [2.75, 3.05) is 13.7 Å². The summed E-state index contributed by atoms with van der Waals surface area (Å²) in [7, 11) is 1.73. The molecule has 4 nitrogen and oxygen atoms in total. The van der Waals surface area contributed by atoms with Gasteiger partial charge in [0.15, 0.2) is 0 Å². The number of hydrogen-bond acceptors (Lipinski definition) is 4. The van der Waals surface area contributed by atoms with E-state index in [-0.39, 0.29) is 18.8 Å². The molecule has 1 aromatic carbocycles. The average molecular weight is 265 g/mol. The van der Waals surface area contributed by atoms with Crippen molar-refractivity contribution >= 4 is 0 Å². The molecule has 1 fully saturated rings. The lowest BCUT2D eigenvalue weighted by molar-refractivity contribution is -0.131. The fraction of sp³-hybridized carbons (Fsp3) is 0.600. The second-order valence-electron chi connectivity index (χ2n) is 4.90. The first kappa shape index (κ1) is 14.5. The maximum absolute atomic E-state index is 9.11. The van der Waals surface area contributed by atoms with E-state index in [2.05, 4.69) is 11.4 Å². The van der Waals surface area contributed by atoms with E-state index >= 15 is 0 Å². The second-order valence-corrected chi connectivity index (χ2v) is 4.90. The summed E-state index contributed by atoms with van der Waals surface area (Å²) in [6.45, 7) is 3.62. The van der Waals surface area contributed by atoms with Crippen LogP contribution in [0, 0.1) is 0 Å². The Kier molecular flexibility index (Phi) is 5.34. The van der Waals surface area contributed by atoms with Crippen LogP contribution in [-0.2, 0) is 22.6 Å². The summed E-state index contributed by atoms with van der Waals surface area (Å²) in [4.78, 5) is 0. The van der Waals surface area contributed by atoms with Gasteiger partial charge in [0.1, 0.15) is 0 Å². The summed E-state index contributed by atoms with van der Waals surface area (Å²) in [5.74, 6) is 0. The van der Waals surface area contributed by atoms with Crippen LogP contribution in [0.2, 0.25) is 0 Å². The topological polar surface area (TPSA) is 50.7 Å². The summed E-state index contributed by atoms with van der Waals surface area (Å²) in [6, 6.07) is 8.33. The molecule has 0 saturated heterocycles. The van der Waals surface area contributed by atoms with Crippen molar-refractivity contribution in [1.82, 2.24) is 5.32 Å². The molecule has 1 saturated carbocycles. The van der Waals surface area contributed by atoms with E-state index in [0.29, 0.717) is 6.04 Å². The van der Waals surface area contributed by atoms with Gasteiger partial charge in [0.25, 0.3) is 0 Å². The van der Waals surface area contributed by atoms with Gasteiger partial charge in [-0.15, -0.1) is 0 Å². The predicted octanol–water partition coefficient (Wildman–Crippen LogP) is 1.46. The van der Waals surface area contributed by atoms with Crippen LogP contribution >= 0.6 is 0 Å². The van der Waals surface area contributed by atoms with Crippen LogP contribution in [0.5, 0.6) is 0 Å². The number of methoxy groups -OCH3 is 1.